The lowest BCUT2D eigenvalue weighted by Gasteiger charge is -2.19. The molecule has 0 aliphatic carbocycles. The summed E-state index contributed by atoms with van der Waals surface area (Å²) in [7, 11) is 3.22. The predicted molar refractivity (Wildman–Crippen MR) is 91.9 cm³/mol. The smallest absolute Gasteiger partial charge is 0.257 e. The quantitative estimate of drug-likeness (QED) is 0.782. The summed E-state index contributed by atoms with van der Waals surface area (Å²) in [5.41, 5.74) is 0.425. The maximum atomic E-state index is 12.5. The van der Waals surface area contributed by atoms with E-state index in [1.807, 2.05) is 0 Å². The molecule has 2 aromatic rings. The van der Waals surface area contributed by atoms with Crippen LogP contribution in [-0.4, -0.2) is 38.1 Å². The summed E-state index contributed by atoms with van der Waals surface area (Å²) in [6.07, 6.45) is 0. The number of halogens is 2. The molecule has 0 spiro atoms. The van der Waals surface area contributed by atoms with Crippen molar-refractivity contribution in [2.45, 2.75) is 0 Å². The maximum absolute atomic E-state index is 12.5. The van der Waals surface area contributed by atoms with E-state index in [1.54, 1.807) is 54.4 Å². The third kappa shape index (κ3) is 4.78. The van der Waals surface area contributed by atoms with Gasteiger partial charge in [-0.2, -0.15) is 0 Å². The minimum atomic E-state index is -0.177. The highest BCUT2D eigenvalue weighted by atomic mass is 35.5. The van der Waals surface area contributed by atoms with Gasteiger partial charge in [-0.1, -0.05) is 23.2 Å². The predicted octanol–water partition coefficient (Wildman–Crippen LogP) is 4.15. The molecule has 0 heterocycles. The summed E-state index contributed by atoms with van der Waals surface area (Å²) >= 11 is 11.8. The van der Waals surface area contributed by atoms with Gasteiger partial charge in [0.2, 0.25) is 0 Å². The van der Waals surface area contributed by atoms with E-state index in [4.69, 9.17) is 32.7 Å². The van der Waals surface area contributed by atoms with Crippen molar-refractivity contribution in [3.8, 4) is 11.5 Å². The second-order valence-electron chi connectivity index (χ2n) is 4.87. The van der Waals surface area contributed by atoms with E-state index in [-0.39, 0.29) is 5.91 Å². The highest BCUT2D eigenvalue weighted by molar-refractivity contribution is 6.31. The van der Waals surface area contributed by atoms with Crippen LogP contribution in [0.25, 0.3) is 0 Å². The maximum Gasteiger partial charge on any atom is 0.257 e. The number of benzene rings is 2. The van der Waals surface area contributed by atoms with Gasteiger partial charge < -0.3 is 14.4 Å². The van der Waals surface area contributed by atoms with Crippen molar-refractivity contribution < 1.29 is 14.3 Å². The average molecular weight is 354 g/mol. The molecule has 23 heavy (non-hydrogen) atoms. The number of nitrogens with zero attached hydrogens (tertiary/aromatic N) is 1. The number of rotatable bonds is 6. The summed E-state index contributed by atoms with van der Waals surface area (Å²) in [6, 6.07) is 12.0. The van der Waals surface area contributed by atoms with Crippen molar-refractivity contribution in [2.75, 3.05) is 27.3 Å². The van der Waals surface area contributed by atoms with Crippen LogP contribution in [0.2, 0.25) is 10.0 Å². The Morgan fingerprint density at radius 3 is 2.39 bits per heavy atom. The van der Waals surface area contributed by atoms with Crippen molar-refractivity contribution in [1.82, 2.24) is 4.90 Å². The molecule has 2 aromatic carbocycles. The van der Waals surface area contributed by atoms with Crippen LogP contribution < -0.4 is 9.47 Å². The van der Waals surface area contributed by atoms with Gasteiger partial charge in [-0.25, -0.2) is 0 Å². The van der Waals surface area contributed by atoms with Crippen LogP contribution in [0.3, 0.4) is 0 Å². The van der Waals surface area contributed by atoms with Gasteiger partial charge in [-0.15, -0.1) is 0 Å². The molecule has 122 valence electrons. The fourth-order valence-corrected chi connectivity index (χ4v) is 2.28. The number of methoxy groups -OCH3 is 1. The van der Waals surface area contributed by atoms with Crippen molar-refractivity contribution in [3.05, 3.63) is 58.1 Å². The standard InChI is InChI=1S/C17H17Cl2NO3/c1-20(9-10-23-14-6-3-12(18)4-7-14)17(21)15-11-13(19)5-8-16(15)22-2/h3-8,11H,9-10H2,1-2H3. The Morgan fingerprint density at radius 1 is 1.09 bits per heavy atom. The van der Waals surface area contributed by atoms with Crippen molar-refractivity contribution in [3.63, 3.8) is 0 Å². The van der Waals surface area contributed by atoms with Gasteiger partial charge in [-0.3, -0.25) is 4.79 Å². The molecule has 0 saturated heterocycles. The van der Waals surface area contributed by atoms with Crippen LogP contribution in [0.4, 0.5) is 0 Å². The van der Waals surface area contributed by atoms with Gasteiger partial charge in [0.15, 0.2) is 0 Å². The molecular formula is C17H17Cl2NO3. The van der Waals surface area contributed by atoms with Gasteiger partial charge >= 0.3 is 0 Å². The van der Waals surface area contributed by atoms with Crippen molar-refractivity contribution in [1.29, 1.82) is 0 Å². The molecule has 0 fully saturated rings. The summed E-state index contributed by atoms with van der Waals surface area (Å²) in [5, 5.41) is 1.14. The Hall–Kier alpha value is -1.91. The number of hydrogen-bond donors (Lipinski definition) is 0. The molecule has 0 aliphatic rings. The Balaban J connectivity index is 1.95. The van der Waals surface area contributed by atoms with Crippen LogP contribution in [-0.2, 0) is 0 Å². The van der Waals surface area contributed by atoms with Crippen molar-refractivity contribution >= 4 is 29.1 Å². The highest BCUT2D eigenvalue weighted by Crippen LogP contribution is 2.23. The summed E-state index contributed by atoms with van der Waals surface area (Å²) in [5.74, 6) is 1.02. The van der Waals surface area contributed by atoms with E-state index >= 15 is 0 Å². The first kappa shape index (κ1) is 17.4. The van der Waals surface area contributed by atoms with E-state index < -0.39 is 0 Å². The third-order valence-electron chi connectivity index (χ3n) is 3.25. The summed E-state index contributed by atoms with van der Waals surface area (Å²) in [4.78, 5) is 14.0. The minimum Gasteiger partial charge on any atom is -0.496 e. The number of likely N-dealkylation sites (N-methyl/N-ethyl adjacent to an activating group) is 1. The molecule has 4 nitrogen and oxygen atoms in total. The van der Waals surface area contributed by atoms with Crippen LogP contribution in [0, 0.1) is 0 Å². The molecule has 0 radical (unpaired) electrons. The van der Waals surface area contributed by atoms with Gasteiger partial charge in [0.05, 0.1) is 19.2 Å². The van der Waals surface area contributed by atoms with Crippen LogP contribution >= 0.6 is 23.2 Å². The van der Waals surface area contributed by atoms with E-state index in [9.17, 15) is 4.79 Å². The molecule has 6 heteroatoms. The second-order valence-corrected chi connectivity index (χ2v) is 5.75. The number of amides is 1. The van der Waals surface area contributed by atoms with Gasteiger partial charge in [-0.05, 0) is 42.5 Å². The fourth-order valence-electron chi connectivity index (χ4n) is 1.99. The second kappa shape index (κ2) is 8.09. The monoisotopic (exact) mass is 353 g/mol. The zero-order valence-electron chi connectivity index (χ0n) is 12.9. The molecule has 0 unspecified atom stereocenters. The van der Waals surface area contributed by atoms with Crippen molar-refractivity contribution in [2.24, 2.45) is 0 Å². The lowest BCUT2D eigenvalue weighted by molar-refractivity contribution is 0.0770. The molecule has 0 aromatic heterocycles. The molecule has 0 bridgehead atoms. The fraction of sp³-hybridized carbons (Fsp3) is 0.235. The molecule has 1 amide bonds. The topological polar surface area (TPSA) is 38.8 Å². The van der Waals surface area contributed by atoms with Crippen LogP contribution in [0.15, 0.2) is 42.5 Å². The Kier molecular flexibility index (Phi) is 6.13. The largest absolute Gasteiger partial charge is 0.496 e. The summed E-state index contributed by atoms with van der Waals surface area (Å²) in [6.45, 7) is 0.796. The number of ether oxygens (including phenoxy) is 2. The molecule has 0 saturated carbocycles. The molecule has 0 N–H and O–H groups in total. The van der Waals surface area contributed by atoms with E-state index in [0.29, 0.717) is 40.3 Å². The van der Waals surface area contributed by atoms with Gasteiger partial charge in [0.1, 0.15) is 18.1 Å². The van der Waals surface area contributed by atoms with Crippen LogP contribution in [0.1, 0.15) is 10.4 Å². The Labute approximate surface area is 145 Å². The minimum absolute atomic E-state index is 0.177. The SMILES string of the molecule is COc1ccc(Cl)cc1C(=O)N(C)CCOc1ccc(Cl)cc1. The van der Waals surface area contributed by atoms with E-state index in [0.717, 1.165) is 0 Å². The molecule has 0 aliphatic heterocycles. The van der Waals surface area contributed by atoms with Gasteiger partial charge in [0.25, 0.3) is 5.91 Å². The summed E-state index contributed by atoms with van der Waals surface area (Å²) < 4.78 is 10.8. The first-order valence-corrected chi connectivity index (χ1v) is 7.74. The zero-order valence-corrected chi connectivity index (χ0v) is 14.4. The number of carbonyl (C=O) groups excluding carboxylic acids is 1. The third-order valence-corrected chi connectivity index (χ3v) is 3.73. The first-order chi connectivity index (χ1) is 11.0. The zero-order chi connectivity index (χ0) is 16.8. The highest BCUT2D eigenvalue weighted by Gasteiger charge is 2.17. The lowest BCUT2D eigenvalue weighted by atomic mass is 10.1. The van der Waals surface area contributed by atoms with Crippen LogP contribution in [0.5, 0.6) is 11.5 Å². The number of carbonyl (C=O) groups is 1. The lowest BCUT2D eigenvalue weighted by Crippen LogP contribution is -2.31. The first-order valence-electron chi connectivity index (χ1n) is 6.98. The average Bonchev–Trinajstić information content (AvgIpc) is 2.55. The Morgan fingerprint density at radius 2 is 1.74 bits per heavy atom. The molecule has 0 atom stereocenters. The molecular weight excluding hydrogens is 337 g/mol. The number of hydrogen-bond acceptors (Lipinski definition) is 3. The normalized spacial score (nSPS) is 10.3. The Bertz CT molecular complexity index is 674. The van der Waals surface area contributed by atoms with E-state index in [2.05, 4.69) is 0 Å². The molecule has 2 rings (SSSR count). The van der Waals surface area contributed by atoms with Gasteiger partial charge in [0, 0.05) is 17.1 Å². The van der Waals surface area contributed by atoms with E-state index in [1.165, 1.54) is 7.11 Å².